The van der Waals surface area contributed by atoms with Crippen LogP contribution in [0.4, 0.5) is 0 Å². The molecule has 0 atom stereocenters. The third-order valence-electron chi connectivity index (χ3n) is 0.715. The van der Waals surface area contributed by atoms with Gasteiger partial charge in [0.05, 0.1) is 0 Å². The molecule has 0 heterocycles. The third kappa shape index (κ3) is 6.04. The van der Waals surface area contributed by atoms with Crippen LogP contribution in [0.15, 0.2) is 0 Å². The molecule has 0 saturated carbocycles. The molecule has 0 saturated heterocycles. The smallest absolute Gasteiger partial charge is 0.222 e. The number of carbonyl (C=O) groups excluding carboxylic acids is 1. The van der Waals surface area contributed by atoms with E-state index < -0.39 is 0 Å². The Bertz CT molecular complexity index is 136. The van der Waals surface area contributed by atoms with Gasteiger partial charge in [-0.1, -0.05) is 30.9 Å². The molecule has 0 aliphatic rings. The summed E-state index contributed by atoms with van der Waals surface area (Å²) in [6, 6.07) is 0. The molecular weight excluding hydrogens is 166 g/mol. The van der Waals surface area contributed by atoms with E-state index in [1.807, 2.05) is 0 Å². The highest BCUT2D eigenvalue weighted by molar-refractivity contribution is 8.23. The van der Waals surface area contributed by atoms with Crippen molar-refractivity contribution in [1.82, 2.24) is 5.32 Å². The van der Waals surface area contributed by atoms with Crippen LogP contribution in [-0.2, 0) is 4.79 Å². The summed E-state index contributed by atoms with van der Waals surface area (Å²) >= 11 is 6.33. The number of hydrogen-bond acceptors (Lipinski definition) is 3. The molecule has 1 N–H and O–H groups in total. The second kappa shape index (κ2) is 5.68. The van der Waals surface area contributed by atoms with Crippen molar-refractivity contribution in [1.29, 1.82) is 0 Å². The Balaban J connectivity index is 3.35. The zero-order valence-corrected chi connectivity index (χ0v) is 7.77. The topological polar surface area (TPSA) is 29.1 Å². The Hall–Kier alpha value is -0.0900. The number of thioether (sulfide) groups is 1. The molecule has 4 heteroatoms. The van der Waals surface area contributed by atoms with Gasteiger partial charge in [-0.3, -0.25) is 4.79 Å². The number of thiocarbonyl (C=S) groups is 1. The highest BCUT2D eigenvalue weighted by atomic mass is 32.2. The Labute approximate surface area is 70.8 Å². The molecule has 0 aliphatic heterocycles. The summed E-state index contributed by atoms with van der Waals surface area (Å²) in [5.41, 5.74) is 0. The molecule has 0 unspecified atom stereocenters. The first-order valence-electron chi connectivity index (χ1n) is 3.11. The number of hydrogen-bond donors (Lipinski definition) is 1. The Morgan fingerprint density at radius 1 is 1.70 bits per heavy atom. The molecule has 0 bridgehead atoms. The van der Waals surface area contributed by atoms with Crippen LogP contribution >= 0.6 is 24.0 Å². The zero-order chi connectivity index (χ0) is 7.98. The van der Waals surface area contributed by atoms with Gasteiger partial charge in [-0.15, -0.1) is 0 Å². The molecule has 58 valence electrons. The van der Waals surface area contributed by atoms with Crippen molar-refractivity contribution in [2.24, 2.45) is 0 Å². The fourth-order valence-electron chi connectivity index (χ4n) is 0.375. The van der Waals surface area contributed by atoms with Gasteiger partial charge in [0.1, 0.15) is 4.32 Å². The summed E-state index contributed by atoms with van der Waals surface area (Å²) in [5, 5.41) is 2.53. The molecule has 0 aromatic heterocycles. The van der Waals surface area contributed by atoms with Gasteiger partial charge in [-0.05, 0) is 12.2 Å². The summed E-state index contributed by atoms with van der Waals surface area (Å²) < 4.78 is 0.578. The van der Waals surface area contributed by atoms with Gasteiger partial charge in [0.15, 0.2) is 0 Å². The van der Waals surface area contributed by atoms with Gasteiger partial charge in [-0.2, -0.15) is 0 Å². The van der Waals surface area contributed by atoms with E-state index >= 15 is 0 Å². The first kappa shape index (κ1) is 9.91. The Morgan fingerprint density at radius 2 is 2.30 bits per heavy atom. The standard InChI is InChI=1S/C6H11NOS2/c1-3-4-10-6(9)7-5(2)8/h3-4H2,1-2H3,(H,7,8,9). The van der Waals surface area contributed by atoms with Crippen molar-refractivity contribution in [3.63, 3.8) is 0 Å². The lowest BCUT2D eigenvalue weighted by Crippen LogP contribution is -2.23. The first-order chi connectivity index (χ1) is 4.66. The molecule has 1 amide bonds. The normalized spacial score (nSPS) is 9.00. The predicted octanol–water partition coefficient (Wildman–Crippen LogP) is 1.55. The highest BCUT2D eigenvalue weighted by Gasteiger charge is 1.96. The first-order valence-corrected chi connectivity index (χ1v) is 4.50. The SMILES string of the molecule is CCCSC(=S)NC(C)=O. The van der Waals surface area contributed by atoms with E-state index in [9.17, 15) is 4.79 Å². The lowest BCUT2D eigenvalue weighted by molar-refractivity contribution is -0.117. The third-order valence-corrected chi connectivity index (χ3v) is 2.15. The maximum absolute atomic E-state index is 10.4. The summed E-state index contributed by atoms with van der Waals surface area (Å²) in [7, 11) is 0. The van der Waals surface area contributed by atoms with Crippen molar-refractivity contribution in [3.8, 4) is 0 Å². The molecule has 0 aromatic carbocycles. The van der Waals surface area contributed by atoms with Crippen LogP contribution in [0.3, 0.4) is 0 Å². The van der Waals surface area contributed by atoms with E-state index in [2.05, 4.69) is 12.2 Å². The minimum Gasteiger partial charge on any atom is -0.312 e. The van der Waals surface area contributed by atoms with E-state index in [1.165, 1.54) is 18.7 Å². The van der Waals surface area contributed by atoms with Gasteiger partial charge in [0.2, 0.25) is 5.91 Å². The average molecular weight is 177 g/mol. The van der Waals surface area contributed by atoms with Crippen LogP contribution in [0.5, 0.6) is 0 Å². The van der Waals surface area contributed by atoms with Crippen molar-refractivity contribution in [2.75, 3.05) is 5.75 Å². The number of amides is 1. The van der Waals surface area contributed by atoms with Crippen LogP contribution in [0.25, 0.3) is 0 Å². The quantitative estimate of drug-likeness (QED) is 0.649. The second-order valence-electron chi connectivity index (χ2n) is 1.82. The Kier molecular flexibility index (Phi) is 5.63. The number of rotatable bonds is 2. The van der Waals surface area contributed by atoms with Crippen molar-refractivity contribution in [2.45, 2.75) is 20.3 Å². The predicted molar refractivity (Wildman–Crippen MR) is 49.2 cm³/mol. The van der Waals surface area contributed by atoms with Gasteiger partial charge >= 0.3 is 0 Å². The summed E-state index contributed by atoms with van der Waals surface area (Å²) in [4.78, 5) is 10.4. The maximum atomic E-state index is 10.4. The zero-order valence-electron chi connectivity index (χ0n) is 6.14. The molecule has 10 heavy (non-hydrogen) atoms. The monoisotopic (exact) mass is 177 g/mol. The lowest BCUT2D eigenvalue weighted by Gasteiger charge is -2.00. The average Bonchev–Trinajstić information content (AvgIpc) is 1.82. The molecule has 0 spiro atoms. The van der Waals surface area contributed by atoms with Crippen LogP contribution < -0.4 is 5.32 Å². The maximum Gasteiger partial charge on any atom is 0.222 e. The van der Waals surface area contributed by atoms with Gasteiger partial charge in [0.25, 0.3) is 0 Å². The minimum absolute atomic E-state index is 0.0893. The molecular formula is C6H11NOS2. The van der Waals surface area contributed by atoms with E-state index in [0.717, 1.165) is 12.2 Å². The molecule has 2 nitrogen and oxygen atoms in total. The van der Waals surface area contributed by atoms with Gasteiger partial charge in [0, 0.05) is 6.92 Å². The van der Waals surface area contributed by atoms with E-state index in [0.29, 0.717) is 4.32 Å². The fraction of sp³-hybridized carbons (Fsp3) is 0.667. The number of nitrogens with one attached hydrogen (secondary N) is 1. The Morgan fingerprint density at radius 3 is 2.70 bits per heavy atom. The van der Waals surface area contributed by atoms with E-state index in [-0.39, 0.29) is 5.91 Å². The molecule has 0 radical (unpaired) electrons. The van der Waals surface area contributed by atoms with Gasteiger partial charge in [-0.25, -0.2) is 0 Å². The fourth-order valence-corrected chi connectivity index (χ4v) is 1.37. The summed E-state index contributed by atoms with van der Waals surface area (Å²) in [6.45, 7) is 3.53. The largest absolute Gasteiger partial charge is 0.312 e. The number of carbonyl (C=O) groups is 1. The lowest BCUT2D eigenvalue weighted by atomic mass is 10.6. The second-order valence-corrected chi connectivity index (χ2v) is 3.59. The molecule has 0 rings (SSSR count). The molecule has 0 aromatic rings. The molecule has 0 fully saturated rings. The van der Waals surface area contributed by atoms with E-state index in [4.69, 9.17) is 12.2 Å². The van der Waals surface area contributed by atoms with Crippen LogP contribution in [0.2, 0.25) is 0 Å². The molecule has 0 aliphatic carbocycles. The van der Waals surface area contributed by atoms with Crippen LogP contribution in [0.1, 0.15) is 20.3 Å². The summed E-state index contributed by atoms with van der Waals surface area (Å²) in [5.74, 6) is 0.882. The highest BCUT2D eigenvalue weighted by Crippen LogP contribution is 2.02. The van der Waals surface area contributed by atoms with Crippen LogP contribution in [-0.4, -0.2) is 16.0 Å². The van der Waals surface area contributed by atoms with Crippen LogP contribution in [0, 0.1) is 0 Å². The van der Waals surface area contributed by atoms with Crippen molar-refractivity contribution < 1.29 is 4.79 Å². The van der Waals surface area contributed by atoms with E-state index in [1.54, 1.807) is 0 Å². The minimum atomic E-state index is -0.0893. The van der Waals surface area contributed by atoms with Gasteiger partial charge < -0.3 is 5.32 Å². The van der Waals surface area contributed by atoms with Crippen molar-refractivity contribution >= 4 is 34.2 Å². The van der Waals surface area contributed by atoms with Crippen molar-refractivity contribution in [3.05, 3.63) is 0 Å². The summed E-state index contributed by atoms with van der Waals surface area (Å²) in [6.07, 6.45) is 1.07.